The molecule has 14 aromatic carbocycles. The fraction of sp³-hybridized carbons (Fsp3) is 0. The first-order valence-electron chi connectivity index (χ1n) is 36.8. The highest BCUT2D eigenvalue weighted by Crippen LogP contribution is 2.40. The van der Waals surface area contributed by atoms with Crippen LogP contribution < -0.4 is 0 Å². The zero-order valence-corrected chi connectivity index (χ0v) is 60.0. The highest BCUT2D eigenvalue weighted by Gasteiger charge is 2.27. The van der Waals surface area contributed by atoms with Crippen LogP contribution in [0.5, 0.6) is 0 Å². The van der Waals surface area contributed by atoms with Gasteiger partial charge in [0.05, 0.1) is 77.9 Å². The molecule has 530 valence electrons. The molecule has 0 saturated heterocycles. The number of hydrogen-bond acceptors (Lipinski definition) is 10. The van der Waals surface area contributed by atoms with Crippen molar-refractivity contribution < 1.29 is 0 Å². The van der Waals surface area contributed by atoms with E-state index in [4.69, 9.17) is 25.4 Å². The van der Waals surface area contributed by atoms with Crippen molar-refractivity contribution >= 4 is 60.9 Å². The Morgan fingerprint density at radius 2 is 0.455 bits per heavy atom. The predicted molar refractivity (Wildman–Crippen MR) is 444 cm³/mol. The van der Waals surface area contributed by atoms with Crippen LogP contribution in [-0.2, 0) is 0 Å². The van der Waals surface area contributed by atoms with E-state index in [0.717, 1.165) is 169 Å². The smallest absolute Gasteiger partial charge is 0.220 e. The zero-order valence-electron chi connectivity index (χ0n) is 60.0. The molecule has 0 aliphatic rings. The molecule has 8 aromatic heterocycles. The van der Waals surface area contributed by atoms with Crippen molar-refractivity contribution in [1.29, 1.82) is 0 Å². The molecule has 0 N–H and O–H groups in total. The molecular weight excluding hydrogens is 1380 g/mol. The number of aromatic nitrogens is 18. The highest BCUT2D eigenvalue weighted by atomic mass is 15.3. The molecule has 0 spiro atoms. The van der Waals surface area contributed by atoms with Gasteiger partial charge in [-0.05, 0) is 146 Å². The summed E-state index contributed by atoms with van der Waals surface area (Å²) in [5.74, 6) is 5.48. The van der Waals surface area contributed by atoms with Crippen LogP contribution in [0.3, 0.4) is 0 Å². The van der Waals surface area contributed by atoms with Crippen molar-refractivity contribution in [2.75, 3.05) is 0 Å². The Hall–Kier alpha value is -15.8. The summed E-state index contributed by atoms with van der Waals surface area (Å²) in [6.45, 7) is 0. The molecule has 22 rings (SSSR count). The maximum atomic E-state index is 5.08. The van der Waals surface area contributed by atoms with Crippen LogP contribution in [0.1, 0.15) is 0 Å². The minimum absolute atomic E-state index is 0.741. The Balaban J connectivity index is 0.000000110. The van der Waals surface area contributed by atoms with Crippen LogP contribution in [0, 0.1) is 0 Å². The summed E-state index contributed by atoms with van der Waals surface area (Å²) in [4.78, 5) is 18.9. The van der Waals surface area contributed by atoms with Crippen molar-refractivity contribution in [2.24, 2.45) is 0 Å². The van der Waals surface area contributed by atoms with E-state index >= 15 is 0 Å². The van der Waals surface area contributed by atoms with E-state index in [1.807, 2.05) is 207 Å². The van der Waals surface area contributed by atoms with Crippen molar-refractivity contribution in [3.63, 3.8) is 0 Å². The quantitative estimate of drug-likeness (QED) is 0.108. The second-order valence-electron chi connectivity index (χ2n) is 26.7. The number of imidazole rings is 5. The fourth-order valence-corrected chi connectivity index (χ4v) is 15.1. The Kier molecular flexibility index (Phi) is 16.7. The third kappa shape index (κ3) is 11.6. The van der Waals surface area contributed by atoms with E-state index in [9.17, 15) is 0 Å². The Labute approximate surface area is 641 Å². The molecule has 22 aromatic rings. The topological polar surface area (TPSA) is 168 Å². The monoisotopic (exact) mass is 1440 g/mol. The standard InChI is InChI=1S/C34H23N7.C33H22N6.C27H19N5/c1-2-12-24(13-3-1)41-33(25-14-4-8-18-29(25)39-22-35-27-16-6-10-20-31(27)39)37-38-34(41)26-15-5-9-19-30(26)40-23-36-28-17-7-11-21-32(28)40;1-3-13-23(14-4-1)31-35-36-32(37(31)24-15-5-2-6-16-24)25-17-7-9-19-27(25)38-29-21-11-12-22-30(29)39-28-20-10-8-18-26(28)34-33(38)39;1-3-11-20(12-4-1)26-29-30-27(32(26)21-13-5-2-6-14-21)22-15-7-9-17-24(22)31-19-28-23-16-8-10-18-25(23)31/h1-23H;1-22H;1-19H. The zero-order chi connectivity index (χ0) is 74.3. The molecule has 0 aliphatic carbocycles. The first-order valence-corrected chi connectivity index (χ1v) is 36.8. The van der Waals surface area contributed by atoms with Crippen LogP contribution in [-0.4, -0.2) is 86.9 Å². The van der Waals surface area contributed by atoms with E-state index in [1.165, 1.54) is 0 Å². The number of benzene rings is 14. The van der Waals surface area contributed by atoms with Crippen LogP contribution in [0.15, 0.2) is 389 Å². The van der Waals surface area contributed by atoms with Gasteiger partial charge in [-0.3, -0.25) is 36.4 Å². The Bertz CT molecular complexity index is 7010. The van der Waals surface area contributed by atoms with Gasteiger partial charge in [0.25, 0.3) is 0 Å². The van der Waals surface area contributed by atoms with Crippen molar-refractivity contribution in [1.82, 2.24) is 86.9 Å². The fourth-order valence-electron chi connectivity index (χ4n) is 15.1. The number of para-hydroxylation sites is 17. The van der Waals surface area contributed by atoms with Crippen LogP contribution >= 0.6 is 0 Å². The second-order valence-corrected chi connectivity index (χ2v) is 26.7. The number of hydrogen-bond donors (Lipinski definition) is 0. The highest BCUT2D eigenvalue weighted by molar-refractivity contribution is 5.94. The number of rotatable bonds is 13. The molecule has 0 unspecified atom stereocenters. The first-order chi connectivity index (χ1) is 55.6. The van der Waals surface area contributed by atoms with Crippen molar-refractivity contribution in [3.05, 3.63) is 389 Å². The second kappa shape index (κ2) is 28.5. The average molecular weight is 1450 g/mol. The maximum Gasteiger partial charge on any atom is 0.220 e. The minimum Gasteiger partial charge on any atom is -0.298 e. The summed E-state index contributed by atoms with van der Waals surface area (Å²) < 4.78 is 17.2. The van der Waals surface area contributed by atoms with Gasteiger partial charge < -0.3 is 0 Å². The van der Waals surface area contributed by atoms with Crippen LogP contribution in [0.25, 0.3) is 169 Å². The number of nitrogens with zero attached hydrogens (tertiary/aromatic N) is 18. The lowest BCUT2D eigenvalue weighted by atomic mass is 10.1. The third-order valence-electron chi connectivity index (χ3n) is 20.2. The van der Waals surface area contributed by atoms with Gasteiger partial charge >= 0.3 is 0 Å². The molecule has 0 atom stereocenters. The van der Waals surface area contributed by atoms with E-state index in [2.05, 4.69) is 244 Å². The molecule has 18 heteroatoms. The van der Waals surface area contributed by atoms with Gasteiger partial charge in [-0.2, -0.15) is 0 Å². The van der Waals surface area contributed by atoms with Crippen molar-refractivity contribution in [2.45, 2.75) is 0 Å². The molecule has 0 radical (unpaired) electrons. The molecule has 0 bridgehead atoms. The first kappa shape index (κ1) is 65.7. The Morgan fingerprint density at radius 3 is 0.839 bits per heavy atom. The van der Waals surface area contributed by atoms with Crippen molar-refractivity contribution in [3.8, 4) is 108 Å². The summed E-state index contributed by atoms with van der Waals surface area (Å²) in [6, 6.07) is 125. The SMILES string of the molecule is c1ccc(-c2nnc(-c3ccccc3-n3c4ccccc4n4c5ccccc5nc34)n2-c2ccccc2)cc1.c1ccc(-c2nnc(-c3ccccc3-n3cnc4ccccc43)n2-c2ccccc2)cc1.c1ccc(-n2c(-c3ccccc3-n3cnc4ccccc43)nnc2-c2ccccc2-n2cnc3ccccc32)cc1. The average Bonchev–Trinajstić information content (AvgIpc) is 1.56. The van der Waals surface area contributed by atoms with E-state index in [1.54, 1.807) is 0 Å². The van der Waals surface area contributed by atoms with Gasteiger partial charge in [-0.15, -0.1) is 30.6 Å². The van der Waals surface area contributed by atoms with E-state index in [-0.39, 0.29) is 0 Å². The summed E-state index contributed by atoms with van der Waals surface area (Å²) in [6.07, 6.45) is 5.60. The maximum absolute atomic E-state index is 5.08. The molecule has 18 nitrogen and oxygen atoms in total. The van der Waals surface area contributed by atoms with Gasteiger partial charge in [0.15, 0.2) is 34.9 Å². The molecule has 0 aliphatic heterocycles. The molecular formula is C94H64N18. The van der Waals surface area contributed by atoms with E-state index in [0.29, 0.717) is 0 Å². The molecule has 0 saturated carbocycles. The van der Waals surface area contributed by atoms with Gasteiger partial charge in [0, 0.05) is 50.4 Å². The minimum atomic E-state index is 0.741. The summed E-state index contributed by atoms with van der Waals surface area (Å²) in [5, 5.41) is 28.4. The lowest BCUT2D eigenvalue weighted by Gasteiger charge is -2.16. The molecule has 0 amide bonds. The lowest BCUT2D eigenvalue weighted by molar-refractivity contribution is 1.04. The summed E-state index contributed by atoms with van der Waals surface area (Å²) in [7, 11) is 0. The largest absolute Gasteiger partial charge is 0.298 e. The molecule has 0 fully saturated rings. The summed E-state index contributed by atoms with van der Waals surface area (Å²) in [5.41, 5.74) is 23.0. The lowest BCUT2D eigenvalue weighted by Crippen LogP contribution is -2.04. The third-order valence-corrected chi connectivity index (χ3v) is 20.2. The van der Waals surface area contributed by atoms with Crippen LogP contribution in [0.2, 0.25) is 0 Å². The molecule has 8 heterocycles. The van der Waals surface area contributed by atoms with Gasteiger partial charge in [0.2, 0.25) is 5.78 Å². The van der Waals surface area contributed by atoms with Crippen LogP contribution in [0.4, 0.5) is 0 Å². The van der Waals surface area contributed by atoms with Gasteiger partial charge in [-0.1, -0.05) is 224 Å². The number of fused-ring (bicyclic) bond motifs is 8. The molecule has 112 heavy (non-hydrogen) atoms. The normalized spacial score (nSPS) is 11.4. The van der Waals surface area contributed by atoms with Gasteiger partial charge in [0.1, 0.15) is 19.0 Å². The summed E-state index contributed by atoms with van der Waals surface area (Å²) >= 11 is 0. The predicted octanol–water partition coefficient (Wildman–Crippen LogP) is 20.6. The Morgan fingerprint density at radius 1 is 0.188 bits per heavy atom. The van der Waals surface area contributed by atoms with Gasteiger partial charge in [-0.25, -0.2) is 19.9 Å². The van der Waals surface area contributed by atoms with E-state index < -0.39 is 0 Å².